The van der Waals surface area contributed by atoms with E-state index in [9.17, 15) is 4.79 Å². The minimum atomic E-state index is -0.506. The smallest absolute Gasteiger partial charge is 0.336 e. The van der Waals surface area contributed by atoms with E-state index in [2.05, 4.69) is 34.1 Å². The summed E-state index contributed by atoms with van der Waals surface area (Å²) in [6.45, 7) is 4.12. The number of aromatic nitrogens is 2. The number of esters is 1. The van der Waals surface area contributed by atoms with E-state index < -0.39 is 6.10 Å². The number of ether oxygens (including phenoxy) is 2. The SMILES string of the molecule is COC(=O)C1CN(Cc2ccc(-n3ccnc3)cc2)C[C@@H](C)O1. The van der Waals surface area contributed by atoms with E-state index in [0.717, 1.165) is 18.8 Å². The molecule has 2 atom stereocenters. The van der Waals surface area contributed by atoms with Crippen molar-refractivity contribution in [3.8, 4) is 5.69 Å². The Balaban J connectivity index is 1.65. The quantitative estimate of drug-likeness (QED) is 0.803. The second-order valence-corrected chi connectivity index (χ2v) is 5.79. The van der Waals surface area contributed by atoms with E-state index in [4.69, 9.17) is 9.47 Å². The summed E-state index contributed by atoms with van der Waals surface area (Å²) in [5, 5.41) is 0. The Morgan fingerprint density at radius 3 is 2.78 bits per heavy atom. The van der Waals surface area contributed by atoms with Crippen LogP contribution in [0.25, 0.3) is 5.69 Å². The summed E-state index contributed by atoms with van der Waals surface area (Å²) in [4.78, 5) is 18.0. The van der Waals surface area contributed by atoms with Crippen molar-refractivity contribution in [2.45, 2.75) is 25.7 Å². The molecule has 6 nitrogen and oxygen atoms in total. The zero-order chi connectivity index (χ0) is 16.2. The lowest BCUT2D eigenvalue weighted by Crippen LogP contribution is -2.49. The van der Waals surface area contributed by atoms with Crippen LogP contribution in [0, 0.1) is 0 Å². The van der Waals surface area contributed by atoms with E-state index in [-0.39, 0.29) is 12.1 Å². The van der Waals surface area contributed by atoms with E-state index in [1.165, 1.54) is 12.7 Å². The van der Waals surface area contributed by atoms with Crippen molar-refractivity contribution in [3.63, 3.8) is 0 Å². The molecule has 0 amide bonds. The van der Waals surface area contributed by atoms with Crippen molar-refractivity contribution in [2.24, 2.45) is 0 Å². The highest BCUT2D eigenvalue weighted by Gasteiger charge is 2.30. The molecule has 3 rings (SSSR count). The third-order valence-electron chi connectivity index (χ3n) is 3.95. The number of carbonyl (C=O) groups is 1. The molecule has 1 unspecified atom stereocenters. The Labute approximate surface area is 135 Å². The fourth-order valence-electron chi connectivity index (χ4n) is 2.87. The molecule has 2 heterocycles. The summed E-state index contributed by atoms with van der Waals surface area (Å²) < 4.78 is 12.4. The van der Waals surface area contributed by atoms with Gasteiger partial charge in [-0.05, 0) is 24.6 Å². The number of imidazole rings is 1. The van der Waals surface area contributed by atoms with Crippen molar-refractivity contribution < 1.29 is 14.3 Å². The Morgan fingerprint density at radius 1 is 1.35 bits per heavy atom. The summed E-state index contributed by atoms with van der Waals surface area (Å²) in [5.74, 6) is -0.308. The van der Waals surface area contributed by atoms with E-state index in [1.54, 1.807) is 12.5 Å². The van der Waals surface area contributed by atoms with Gasteiger partial charge in [0.1, 0.15) is 0 Å². The van der Waals surface area contributed by atoms with Gasteiger partial charge in [0, 0.05) is 37.7 Å². The zero-order valence-electron chi connectivity index (χ0n) is 13.4. The zero-order valence-corrected chi connectivity index (χ0v) is 13.4. The third-order valence-corrected chi connectivity index (χ3v) is 3.95. The molecule has 6 heteroatoms. The number of carbonyl (C=O) groups excluding carboxylic acids is 1. The number of morpholine rings is 1. The summed E-state index contributed by atoms with van der Waals surface area (Å²) >= 11 is 0. The molecule has 1 aliphatic heterocycles. The molecule has 1 aromatic carbocycles. The largest absolute Gasteiger partial charge is 0.467 e. The Bertz CT molecular complexity index is 640. The summed E-state index contributed by atoms with van der Waals surface area (Å²) in [7, 11) is 1.39. The average molecular weight is 315 g/mol. The van der Waals surface area contributed by atoms with E-state index >= 15 is 0 Å². The van der Waals surface area contributed by atoms with Gasteiger partial charge in [0.15, 0.2) is 6.10 Å². The maximum Gasteiger partial charge on any atom is 0.336 e. The molecular weight excluding hydrogens is 294 g/mol. The van der Waals surface area contributed by atoms with Crippen LogP contribution in [-0.2, 0) is 20.8 Å². The third kappa shape index (κ3) is 3.78. The molecule has 0 bridgehead atoms. The Kier molecular flexibility index (Phi) is 4.73. The van der Waals surface area contributed by atoms with E-state index in [0.29, 0.717) is 6.54 Å². The molecule has 0 aliphatic carbocycles. The van der Waals surface area contributed by atoms with Gasteiger partial charge in [-0.3, -0.25) is 4.90 Å². The second kappa shape index (κ2) is 6.93. The summed E-state index contributed by atoms with van der Waals surface area (Å²) in [6, 6.07) is 8.34. The van der Waals surface area contributed by atoms with Crippen molar-refractivity contribution in [2.75, 3.05) is 20.2 Å². The minimum Gasteiger partial charge on any atom is -0.467 e. The molecular formula is C17H21N3O3. The molecule has 23 heavy (non-hydrogen) atoms. The molecule has 2 aromatic rings. The molecule has 1 aromatic heterocycles. The fourth-order valence-corrected chi connectivity index (χ4v) is 2.87. The number of methoxy groups -OCH3 is 1. The lowest BCUT2D eigenvalue weighted by Gasteiger charge is -2.35. The topological polar surface area (TPSA) is 56.6 Å². The lowest BCUT2D eigenvalue weighted by atomic mass is 10.1. The van der Waals surface area contributed by atoms with Gasteiger partial charge in [-0.1, -0.05) is 12.1 Å². The molecule has 0 saturated carbocycles. The Morgan fingerprint density at radius 2 is 2.13 bits per heavy atom. The first-order valence-corrected chi connectivity index (χ1v) is 7.68. The molecule has 1 fully saturated rings. The van der Waals surface area contributed by atoms with Gasteiger partial charge >= 0.3 is 5.97 Å². The van der Waals surface area contributed by atoms with Crippen LogP contribution in [0.4, 0.5) is 0 Å². The predicted molar refractivity (Wildman–Crippen MR) is 85.2 cm³/mol. The van der Waals surface area contributed by atoms with E-state index in [1.807, 2.05) is 17.7 Å². The van der Waals surface area contributed by atoms with Gasteiger partial charge in [-0.15, -0.1) is 0 Å². The first kappa shape index (κ1) is 15.7. The first-order chi connectivity index (χ1) is 11.2. The van der Waals surface area contributed by atoms with Crippen molar-refractivity contribution in [3.05, 3.63) is 48.5 Å². The van der Waals surface area contributed by atoms with Crippen LogP contribution < -0.4 is 0 Å². The van der Waals surface area contributed by atoms with Gasteiger partial charge < -0.3 is 14.0 Å². The van der Waals surface area contributed by atoms with Crippen LogP contribution >= 0.6 is 0 Å². The van der Waals surface area contributed by atoms with Crippen molar-refractivity contribution in [1.29, 1.82) is 0 Å². The van der Waals surface area contributed by atoms with Gasteiger partial charge in [0.2, 0.25) is 0 Å². The maximum absolute atomic E-state index is 11.7. The molecule has 0 spiro atoms. The predicted octanol–water partition coefficient (Wildman–Crippen LogP) is 1.63. The molecule has 0 N–H and O–H groups in total. The highest BCUT2D eigenvalue weighted by atomic mass is 16.6. The average Bonchev–Trinajstić information content (AvgIpc) is 3.08. The molecule has 1 saturated heterocycles. The van der Waals surface area contributed by atoms with Crippen LogP contribution in [0.15, 0.2) is 43.0 Å². The van der Waals surface area contributed by atoms with Crippen LogP contribution in [-0.4, -0.2) is 52.8 Å². The second-order valence-electron chi connectivity index (χ2n) is 5.79. The fraction of sp³-hybridized carbons (Fsp3) is 0.412. The normalized spacial score (nSPS) is 22.0. The highest BCUT2D eigenvalue weighted by molar-refractivity contribution is 5.75. The van der Waals surface area contributed by atoms with Gasteiger partial charge in [-0.25, -0.2) is 9.78 Å². The summed E-state index contributed by atoms with van der Waals surface area (Å²) in [5.41, 5.74) is 2.28. The van der Waals surface area contributed by atoms with Crippen LogP contribution in [0.5, 0.6) is 0 Å². The summed E-state index contributed by atoms with van der Waals surface area (Å²) in [6.07, 6.45) is 4.96. The monoisotopic (exact) mass is 315 g/mol. The number of hydrogen-bond donors (Lipinski definition) is 0. The van der Waals surface area contributed by atoms with Crippen molar-refractivity contribution >= 4 is 5.97 Å². The first-order valence-electron chi connectivity index (χ1n) is 7.68. The van der Waals surface area contributed by atoms with Crippen LogP contribution in [0.2, 0.25) is 0 Å². The molecule has 0 radical (unpaired) electrons. The van der Waals surface area contributed by atoms with Gasteiger partial charge in [-0.2, -0.15) is 0 Å². The van der Waals surface area contributed by atoms with Crippen LogP contribution in [0.3, 0.4) is 0 Å². The standard InChI is InChI=1S/C17H21N3O3/c1-13-9-19(11-16(23-13)17(21)22-2)10-14-3-5-15(6-4-14)20-8-7-18-12-20/h3-8,12-13,16H,9-11H2,1-2H3/t13-,16?/m1/s1. The van der Waals surface area contributed by atoms with Gasteiger partial charge in [0.05, 0.1) is 19.5 Å². The molecule has 1 aliphatic rings. The maximum atomic E-state index is 11.7. The lowest BCUT2D eigenvalue weighted by molar-refractivity contribution is -0.166. The number of rotatable bonds is 4. The molecule has 122 valence electrons. The van der Waals surface area contributed by atoms with Crippen molar-refractivity contribution in [1.82, 2.24) is 14.5 Å². The number of hydrogen-bond acceptors (Lipinski definition) is 5. The minimum absolute atomic E-state index is 0.0121. The number of nitrogens with zero attached hydrogens (tertiary/aromatic N) is 3. The van der Waals surface area contributed by atoms with Crippen LogP contribution in [0.1, 0.15) is 12.5 Å². The highest BCUT2D eigenvalue weighted by Crippen LogP contribution is 2.16. The van der Waals surface area contributed by atoms with Gasteiger partial charge in [0.25, 0.3) is 0 Å². The Hall–Kier alpha value is -2.18. The number of benzene rings is 1.